The second-order valence-electron chi connectivity index (χ2n) is 6.58. The van der Waals surface area contributed by atoms with Gasteiger partial charge in [-0.25, -0.2) is 9.97 Å². The Morgan fingerprint density at radius 3 is 2.55 bits per heavy atom. The number of amides is 1. The number of hydrogen-bond acceptors (Lipinski definition) is 6. The van der Waals surface area contributed by atoms with E-state index >= 15 is 0 Å². The maximum Gasteiger partial charge on any atom is 0.270 e. The Hall–Kier alpha value is -3.61. The van der Waals surface area contributed by atoms with Crippen molar-refractivity contribution in [2.75, 3.05) is 19.5 Å². The van der Waals surface area contributed by atoms with Crippen LogP contribution in [-0.4, -0.2) is 30.1 Å². The summed E-state index contributed by atoms with van der Waals surface area (Å²) in [6.45, 7) is 4.26. The summed E-state index contributed by atoms with van der Waals surface area (Å²) in [6, 6.07) is 15.0. The fraction of sp³-hybridized carbons (Fsp3) is 0.227. The molecule has 1 aromatic heterocycles. The maximum atomic E-state index is 12.6. The lowest BCUT2D eigenvalue weighted by Gasteiger charge is -2.13. The lowest BCUT2D eigenvalue weighted by atomic mass is 10.1. The lowest BCUT2D eigenvalue weighted by Crippen LogP contribution is -2.24. The zero-order chi connectivity index (χ0) is 20.8. The molecule has 0 aliphatic heterocycles. The van der Waals surface area contributed by atoms with Crippen molar-refractivity contribution in [2.24, 2.45) is 0 Å². The molecule has 2 aromatic carbocycles. The third-order valence-electron chi connectivity index (χ3n) is 4.28. The molecule has 7 heteroatoms. The van der Waals surface area contributed by atoms with Crippen LogP contribution < -0.4 is 20.1 Å². The number of nitrogens with zero attached hydrogens (tertiary/aromatic N) is 2. The van der Waals surface area contributed by atoms with Crippen LogP contribution in [0.4, 0.5) is 11.6 Å². The van der Waals surface area contributed by atoms with Gasteiger partial charge in [-0.3, -0.25) is 4.79 Å². The first-order valence-corrected chi connectivity index (χ1v) is 9.17. The van der Waals surface area contributed by atoms with Crippen molar-refractivity contribution in [3.05, 3.63) is 71.0 Å². The Bertz CT molecular complexity index is 1020. The minimum atomic E-state index is -0.266. The molecule has 0 aliphatic rings. The lowest BCUT2D eigenvalue weighted by molar-refractivity contribution is 0.0945. The zero-order valence-corrected chi connectivity index (χ0v) is 16.9. The predicted molar refractivity (Wildman–Crippen MR) is 112 cm³/mol. The molecule has 2 N–H and O–H groups in total. The molecule has 1 heterocycles. The van der Waals surface area contributed by atoms with E-state index in [1.807, 2.05) is 38.1 Å². The van der Waals surface area contributed by atoms with Gasteiger partial charge >= 0.3 is 0 Å². The van der Waals surface area contributed by atoms with Crippen molar-refractivity contribution in [1.82, 2.24) is 15.3 Å². The molecule has 1 amide bonds. The standard InChI is InChI=1S/C22H24N4O3/c1-14-6-5-7-16(10-14)13-23-21(27)19-11-15(2)24-22(26-19)25-18-12-17(28-3)8-9-20(18)29-4/h5-12H,13H2,1-4H3,(H,23,27)(H,24,25,26). The van der Waals surface area contributed by atoms with Gasteiger partial charge in [0.25, 0.3) is 5.91 Å². The number of benzene rings is 2. The number of aromatic nitrogens is 2. The van der Waals surface area contributed by atoms with E-state index in [9.17, 15) is 4.79 Å². The average Bonchev–Trinajstić information content (AvgIpc) is 2.71. The van der Waals surface area contributed by atoms with Crippen molar-refractivity contribution < 1.29 is 14.3 Å². The van der Waals surface area contributed by atoms with Crippen LogP contribution in [0.25, 0.3) is 0 Å². The maximum absolute atomic E-state index is 12.6. The van der Waals surface area contributed by atoms with Crippen molar-refractivity contribution >= 4 is 17.5 Å². The van der Waals surface area contributed by atoms with Gasteiger partial charge in [-0.1, -0.05) is 29.8 Å². The highest BCUT2D eigenvalue weighted by molar-refractivity contribution is 5.92. The first-order chi connectivity index (χ1) is 14.0. The van der Waals surface area contributed by atoms with E-state index in [2.05, 4.69) is 20.6 Å². The summed E-state index contributed by atoms with van der Waals surface area (Å²) in [5, 5.41) is 6.01. The van der Waals surface area contributed by atoms with Gasteiger partial charge in [0, 0.05) is 18.3 Å². The number of rotatable bonds is 7. The monoisotopic (exact) mass is 392 g/mol. The first kappa shape index (κ1) is 20.1. The van der Waals surface area contributed by atoms with E-state index in [4.69, 9.17) is 9.47 Å². The van der Waals surface area contributed by atoms with Gasteiger partial charge in [-0.15, -0.1) is 0 Å². The van der Waals surface area contributed by atoms with Crippen LogP contribution in [0.3, 0.4) is 0 Å². The van der Waals surface area contributed by atoms with Gasteiger partial charge in [0.2, 0.25) is 5.95 Å². The number of carbonyl (C=O) groups is 1. The van der Waals surface area contributed by atoms with E-state index in [0.717, 1.165) is 11.1 Å². The molecule has 0 aliphatic carbocycles. The molecule has 0 saturated carbocycles. The average molecular weight is 392 g/mol. The summed E-state index contributed by atoms with van der Waals surface area (Å²) in [5.74, 6) is 1.31. The molecule has 0 bridgehead atoms. The normalized spacial score (nSPS) is 10.3. The number of nitrogens with one attached hydrogen (secondary N) is 2. The molecular weight excluding hydrogens is 368 g/mol. The van der Waals surface area contributed by atoms with Crippen LogP contribution in [0.5, 0.6) is 11.5 Å². The Balaban J connectivity index is 1.78. The van der Waals surface area contributed by atoms with E-state index in [0.29, 0.717) is 35.4 Å². The molecule has 150 valence electrons. The topological polar surface area (TPSA) is 85.4 Å². The molecule has 0 fully saturated rings. The fourth-order valence-electron chi connectivity index (χ4n) is 2.87. The molecule has 3 aromatic rings. The van der Waals surface area contributed by atoms with Gasteiger partial charge in [-0.2, -0.15) is 0 Å². The summed E-state index contributed by atoms with van der Waals surface area (Å²) in [7, 11) is 3.17. The van der Waals surface area contributed by atoms with Crippen molar-refractivity contribution in [2.45, 2.75) is 20.4 Å². The van der Waals surface area contributed by atoms with Crippen LogP contribution in [-0.2, 0) is 6.54 Å². The highest BCUT2D eigenvalue weighted by atomic mass is 16.5. The van der Waals surface area contributed by atoms with Crippen LogP contribution in [0.1, 0.15) is 27.3 Å². The van der Waals surface area contributed by atoms with Gasteiger partial charge < -0.3 is 20.1 Å². The van der Waals surface area contributed by atoms with E-state index in [-0.39, 0.29) is 11.6 Å². The van der Waals surface area contributed by atoms with E-state index in [1.165, 1.54) is 0 Å². The Labute approximate surface area is 170 Å². The minimum Gasteiger partial charge on any atom is -0.497 e. The Kier molecular flexibility index (Phi) is 6.29. The van der Waals surface area contributed by atoms with Crippen molar-refractivity contribution in [3.63, 3.8) is 0 Å². The molecule has 0 unspecified atom stereocenters. The molecule has 0 saturated heterocycles. The highest BCUT2D eigenvalue weighted by Gasteiger charge is 2.13. The number of anilines is 2. The third kappa shape index (κ3) is 5.22. The van der Waals surface area contributed by atoms with Crippen molar-refractivity contribution in [1.29, 1.82) is 0 Å². The number of carbonyl (C=O) groups excluding carboxylic acids is 1. The van der Waals surface area contributed by atoms with Gasteiger partial charge in [0.1, 0.15) is 17.2 Å². The van der Waals surface area contributed by atoms with Gasteiger partial charge in [0.15, 0.2) is 0 Å². The van der Waals surface area contributed by atoms with Crippen LogP contribution in [0, 0.1) is 13.8 Å². The Morgan fingerprint density at radius 1 is 1.00 bits per heavy atom. The second-order valence-corrected chi connectivity index (χ2v) is 6.58. The van der Waals surface area contributed by atoms with Crippen LogP contribution in [0.2, 0.25) is 0 Å². The predicted octanol–water partition coefficient (Wildman–Crippen LogP) is 3.78. The van der Waals surface area contributed by atoms with Crippen molar-refractivity contribution in [3.8, 4) is 11.5 Å². The molecule has 7 nitrogen and oxygen atoms in total. The number of ether oxygens (including phenoxy) is 2. The van der Waals surface area contributed by atoms with Crippen LogP contribution >= 0.6 is 0 Å². The van der Waals surface area contributed by atoms with E-state index in [1.54, 1.807) is 38.5 Å². The summed E-state index contributed by atoms with van der Waals surface area (Å²) in [4.78, 5) is 21.3. The number of methoxy groups -OCH3 is 2. The van der Waals surface area contributed by atoms with Gasteiger partial charge in [-0.05, 0) is 37.6 Å². The quantitative estimate of drug-likeness (QED) is 0.636. The van der Waals surface area contributed by atoms with Crippen LogP contribution in [0.15, 0.2) is 48.5 Å². The summed E-state index contributed by atoms with van der Waals surface area (Å²) in [5.41, 5.74) is 3.78. The second kappa shape index (κ2) is 9.05. The fourth-order valence-corrected chi connectivity index (χ4v) is 2.87. The SMILES string of the molecule is COc1ccc(OC)c(Nc2nc(C)cc(C(=O)NCc3cccc(C)c3)n2)c1. The number of hydrogen-bond donors (Lipinski definition) is 2. The largest absolute Gasteiger partial charge is 0.497 e. The van der Waals surface area contributed by atoms with E-state index < -0.39 is 0 Å². The third-order valence-corrected chi connectivity index (χ3v) is 4.28. The molecule has 3 rings (SSSR count). The number of aryl methyl sites for hydroxylation is 2. The first-order valence-electron chi connectivity index (χ1n) is 9.17. The molecular formula is C22H24N4O3. The minimum absolute atomic E-state index is 0.266. The summed E-state index contributed by atoms with van der Waals surface area (Å²) < 4.78 is 10.6. The van der Waals surface area contributed by atoms with Gasteiger partial charge in [0.05, 0.1) is 19.9 Å². The summed E-state index contributed by atoms with van der Waals surface area (Å²) >= 11 is 0. The molecule has 0 spiro atoms. The Morgan fingerprint density at radius 2 is 1.83 bits per heavy atom. The molecule has 0 radical (unpaired) electrons. The molecule has 29 heavy (non-hydrogen) atoms. The highest BCUT2D eigenvalue weighted by Crippen LogP contribution is 2.30. The smallest absolute Gasteiger partial charge is 0.270 e. The molecule has 0 atom stereocenters. The summed E-state index contributed by atoms with van der Waals surface area (Å²) in [6.07, 6.45) is 0. The zero-order valence-electron chi connectivity index (χ0n) is 16.9.